The van der Waals surface area contributed by atoms with Gasteiger partial charge in [0, 0.05) is 19.0 Å². The molecular weight excluding hydrogens is 254 g/mol. The van der Waals surface area contributed by atoms with E-state index in [4.69, 9.17) is 4.74 Å². The van der Waals surface area contributed by atoms with Gasteiger partial charge in [-0.3, -0.25) is 9.59 Å². The molecule has 1 amide bonds. The first-order chi connectivity index (χ1) is 9.61. The summed E-state index contributed by atoms with van der Waals surface area (Å²) in [7, 11) is 0. The second-order valence-electron chi connectivity index (χ2n) is 4.45. The number of nitrogens with one attached hydrogen (secondary N) is 1. The molecule has 1 rings (SSSR count). The molecule has 0 radical (unpaired) electrons. The highest BCUT2D eigenvalue weighted by Crippen LogP contribution is 2.05. The van der Waals surface area contributed by atoms with Crippen LogP contribution in [0.2, 0.25) is 0 Å². The first-order valence-corrected chi connectivity index (χ1v) is 6.80. The van der Waals surface area contributed by atoms with Gasteiger partial charge in [-0.05, 0) is 31.9 Å². The summed E-state index contributed by atoms with van der Waals surface area (Å²) in [5.74, 6) is -0.382. The number of amides is 1. The van der Waals surface area contributed by atoms with Gasteiger partial charge in [-0.15, -0.1) is 0 Å². The van der Waals surface area contributed by atoms with E-state index < -0.39 is 0 Å². The van der Waals surface area contributed by atoms with Crippen molar-refractivity contribution in [2.45, 2.75) is 26.7 Å². The fourth-order valence-electron chi connectivity index (χ4n) is 1.68. The number of rotatable bonds is 7. The first-order valence-electron chi connectivity index (χ1n) is 6.80. The quantitative estimate of drug-likeness (QED) is 0.472. The molecule has 0 bridgehead atoms. The van der Waals surface area contributed by atoms with Crippen molar-refractivity contribution in [1.82, 2.24) is 5.32 Å². The van der Waals surface area contributed by atoms with Crippen molar-refractivity contribution < 1.29 is 14.3 Å². The molecule has 0 aliphatic rings. The van der Waals surface area contributed by atoms with Gasteiger partial charge in [0.05, 0.1) is 6.61 Å². The van der Waals surface area contributed by atoms with Gasteiger partial charge in [0.15, 0.2) is 0 Å². The van der Waals surface area contributed by atoms with E-state index in [1.807, 2.05) is 31.2 Å². The zero-order valence-corrected chi connectivity index (χ0v) is 12.0. The standard InChI is InChI=1S/C16H21NO3/c1-3-20-16(19)8-5-11-17-15(18)10-9-14-7-4-6-13(2)12-14/h4,6-7,9-10,12H,3,5,8,11H2,1-2H3,(H,17,18). The van der Waals surface area contributed by atoms with Gasteiger partial charge >= 0.3 is 5.97 Å². The van der Waals surface area contributed by atoms with Crippen LogP contribution in [0.1, 0.15) is 30.9 Å². The highest BCUT2D eigenvalue weighted by atomic mass is 16.5. The van der Waals surface area contributed by atoms with Crippen LogP contribution in [0.5, 0.6) is 0 Å². The topological polar surface area (TPSA) is 55.4 Å². The highest BCUT2D eigenvalue weighted by molar-refractivity contribution is 5.91. The molecule has 1 aromatic carbocycles. The van der Waals surface area contributed by atoms with Crippen molar-refractivity contribution in [3.8, 4) is 0 Å². The maximum absolute atomic E-state index is 11.6. The van der Waals surface area contributed by atoms with E-state index in [2.05, 4.69) is 5.32 Å². The third-order valence-corrected chi connectivity index (χ3v) is 2.63. The number of aryl methyl sites for hydroxylation is 1. The van der Waals surface area contributed by atoms with Crippen LogP contribution in [0.15, 0.2) is 30.3 Å². The van der Waals surface area contributed by atoms with E-state index in [1.54, 1.807) is 13.0 Å². The molecule has 0 aromatic heterocycles. The Hall–Kier alpha value is -2.10. The minimum Gasteiger partial charge on any atom is -0.466 e. The number of ether oxygens (including phenoxy) is 1. The molecule has 0 atom stereocenters. The minimum atomic E-state index is -0.225. The molecular formula is C16H21NO3. The average Bonchev–Trinajstić information content (AvgIpc) is 2.42. The van der Waals surface area contributed by atoms with Crippen LogP contribution in [0.4, 0.5) is 0 Å². The maximum atomic E-state index is 11.6. The van der Waals surface area contributed by atoms with Crippen LogP contribution in [0, 0.1) is 6.92 Å². The Morgan fingerprint density at radius 3 is 2.85 bits per heavy atom. The van der Waals surface area contributed by atoms with Crippen LogP contribution in [-0.2, 0) is 14.3 Å². The Bertz CT molecular complexity index is 480. The van der Waals surface area contributed by atoms with E-state index in [-0.39, 0.29) is 11.9 Å². The third-order valence-electron chi connectivity index (χ3n) is 2.63. The van der Waals surface area contributed by atoms with Gasteiger partial charge in [-0.1, -0.05) is 29.8 Å². The van der Waals surface area contributed by atoms with Crippen molar-refractivity contribution in [3.05, 3.63) is 41.5 Å². The van der Waals surface area contributed by atoms with Crippen LogP contribution >= 0.6 is 0 Å². The maximum Gasteiger partial charge on any atom is 0.305 e. The molecule has 1 aromatic rings. The molecule has 1 N–H and O–H groups in total. The van der Waals surface area contributed by atoms with E-state index in [1.165, 1.54) is 6.08 Å². The summed E-state index contributed by atoms with van der Waals surface area (Å²) in [6, 6.07) is 7.90. The molecule has 0 saturated heterocycles. The number of carbonyl (C=O) groups excluding carboxylic acids is 2. The summed E-state index contributed by atoms with van der Waals surface area (Å²) < 4.78 is 4.80. The third kappa shape index (κ3) is 6.73. The Labute approximate surface area is 119 Å². The second kappa shape index (κ2) is 8.91. The van der Waals surface area contributed by atoms with Gasteiger partial charge in [0.25, 0.3) is 0 Å². The molecule has 0 aliphatic heterocycles. The zero-order valence-electron chi connectivity index (χ0n) is 12.0. The SMILES string of the molecule is CCOC(=O)CCCNC(=O)C=Cc1cccc(C)c1. The van der Waals surface area contributed by atoms with Gasteiger partial charge < -0.3 is 10.1 Å². The molecule has 0 aliphatic carbocycles. The summed E-state index contributed by atoms with van der Waals surface area (Å²) >= 11 is 0. The van der Waals surface area contributed by atoms with E-state index >= 15 is 0 Å². The van der Waals surface area contributed by atoms with Gasteiger partial charge in [-0.25, -0.2) is 0 Å². The number of benzene rings is 1. The zero-order chi connectivity index (χ0) is 14.8. The Morgan fingerprint density at radius 1 is 1.35 bits per heavy atom. The lowest BCUT2D eigenvalue weighted by atomic mass is 10.1. The van der Waals surface area contributed by atoms with E-state index in [9.17, 15) is 9.59 Å². The highest BCUT2D eigenvalue weighted by Gasteiger charge is 2.01. The molecule has 108 valence electrons. The lowest BCUT2D eigenvalue weighted by Crippen LogP contribution is -2.22. The summed E-state index contributed by atoms with van der Waals surface area (Å²) in [5, 5.41) is 2.73. The first kappa shape index (κ1) is 16.0. The summed E-state index contributed by atoms with van der Waals surface area (Å²) in [4.78, 5) is 22.6. The molecule has 4 nitrogen and oxygen atoms in total. The fourth-order valence-corrected chi connectivity index (χ4v) is 1.68. The monoisotopic (exact) mass is 275 g/mol. The second-order valence-corrected chi connectivity index (χ2v) is 4.45. The summed E-state index contributed by atoms with van der Waals surface area (Å²) in [6.07, 6.45) is 4.19. The molecule has 0 unspecified atom stereocenters. The predicted octanol–water partition coefficient (Wildman–Crippen LogP) is 2.47. The number of esters is 1. The van der Waals surface area contributed by atoms with Gasteiger partial charge in [0.1, 0.15) is 0 Å². The molecule has 0 fully saturated rings. The van der Waals surface area contributed by atoms with Crippen molar-refractivity contribution in [3.63, 3.8) is 0 Å². The largest absolute Gasteiger partial charge is 0.466 e. The van der Waals surface area contributed by atoms with E-state index in [0.29, 0.717) is 26.0 Å². The summed E-state index contributed by atoms with van der Waals surface area (Å²) in [6.45, 7) is 4.64. The van der Waals surface area contributed by atoms with Crippen LogP contribution in [0.3, 0.4) is 0 Å². The Balaban J connectivity index is 2.25. The fraction of sp³-hybridized carbons (Fsp3) is 0.375. The smallest absolute Gasteiger partial charge is 0.305 e. The lowest BCUT2D eigenvalue weighted by molar-refractivity contribution is -0.143. The van der Waals surface area contributed by atoms with Crippen molar-refractivity contribution >= 4 is 18.0 Å². The van der Waals surface area contributed by atoms with Crippen LogP contribution in [0.25, 0.3) is 6.08 Å². The van der Waals surface area contributed by atoms with Crippen molar-refractivity contribution in [2.75, 3.05) is 13.2 Å². The van der Waals surface area contributed by atoms with Crippen molar-refractivity contribution in [2.24, 2.45) is 0 Å². The van der Waals surface area contributed by atoms with Gasteiger partial charge in [-0.2, -0.15) is 0 Å². The molecule has 0 heterocycles. The lowest BCUT2D eigenvalue weighted by Gasteiger charge is -2.02. The molecule has 4 heteroatoms. The summed E-state index contributed by atoms with van der Waals surface area (Å²) in [5.41, 5.74) is 2.15. The number of carbonyl (C=O) groups is 2. The van der Waals surface area contributed by atoms with Gasteiger partial charge in [0.2, 0.25) is 5.91 Å². The average molecular weight is 275 g/mol. The Kier molecular flexibility index (Phi) is 7.11. The molecule has 0 saturated carbocycles. The Morgan fingerprint density at radius 2 is 2.15 bits per heavy atom. The minimum absolute atomic E-state index is 0.157. The normalized spacial score (nSPS) is 10.5. The molecule has 0 spiro atoms. The predicted molar refractivity (Wildman–Crippen MR) is 79.1 cm³/mol. The van der Waals surface area contributed by atoms with Crippen molar-refractivity contribution in [1.29, 1.82) is 0 Å². The van der Waals surface area contributed by atoms with Crippen LogP contribution < -0.4 is 5.32 Å². The van der Waals surface area contributed by atoms with Crippen LogP contribution in [-0.4, -0.2) is 25.0 Å². The number of hydrogen-bond donors (Lipinski definition) is 1. The number of hydrogen-bond acceptors (Lipinski definition) is 3. The van der Waals surface area contributed by atoms with E-state index in [0.717, 1.165) is 11.1 Å². The molecule has 20 heavy (non-hydrogen) atoms.